The third-order valence-corrected chi connectivity index (χ3v) is 2.95. The lowest BCUT2D eigenvalue weighted by Crippen LogP contribution is -2.36. The van der Waals surface area contributed by atoms with Gasteiger partial charge >= 0.3 is 0 Å². The highest BCUT2D eigenvalue weighted by molar-refractivity contribution is 14.0. The Hall–Kier alpha value is -1.77. The summed E-state index contributed by atoms with van der Waals surface area (Å²) >= 11 is 0. The van der Waals surface area contributed by atoms with Crippen LogP contribution in [0, 0.1) is 0 Å². The summed E-state index contributed by atoms with van der Waals surface area (Å²) in [6.45, 7) is 6.55. The van der Waals surface area contributed by atoms with Crippen molar-refractivity contribution in [3.63, 3.8) is 0 Å². The Morgan fingerprint density at radius 2 is 2.04 bits per heavy atom. The van der Waals surface area contributed by atoms with E-state index in [1.807, 2.05) is 44.2 Å². The molecule has 0 aliphatic rings. The molecular weight excluding hydrogens is 407 g/mol. The summed E-state index contributed by atoms with van der Waals surface area (Å²) in [7, 11) is 0. The molecule has 1 aromatic heterocycles. The van der Waals surface area contributed by atoms with E-state index in [-0.39, 0.29) is 24.0 Å². The van der Waals surface area contributed by atoms with Crippen LogP contribution in [0.2, 0.25) is 0 Å². The van der Waals surface area contributed by atoms with E-state index in [9.17, 15) is 0 Å². The average Bonchev–Trinajstić information content (AvgIpc) is 3.05. The highest BCUT2D eigenvalue weighted by Crippen LogP contribution is 2.18. The molecular formula is C16H23IN4O2. The smallest absolute Gasteiger partial charge is 0.191 e. The van der Waals surface area contributed by atoms with E-state index in [1.54, 1.807) is 6.26 Å². The molecule has 0 radical (unpaired) electrons. The van der Waals surface area contributed by atoms with Crippen LogP contribution in [0.25, 0.3) is 0 Å². The van der Waals surface area contributed by atoms with Gasteiger partial charge in [0.15, 0.2) is 5.96 Å². The molecule has 0 amide bonds. The van der Waals surface area contributed by atoms with E-state index in [2.05, 4.69) is 20.8 Å². The standard InChI is InChI=1S/C16H22N4O2.HI/c1-3-17-16(19-12-14-9-10-22-20-14)18-11-13-7-5-6-8-15(13)21-4-2;/h5-10H,3-4,11-12H2,1-2H3,(H2,17,18,19);1H. The molecule has 7 heteroatoms. The zero-order valence-corrected chi connectivity index (χ0v) is 15.7. The summed E-state index contributed by atoms with van der Waals surface area (Å²) in [4.78, 5) is 4.58. The van der Waals surface area contributed by atoms with E-state index in [0.717, 1.165) is 29.5 Å². The number of nitrogens with one attached hydrogen (secondary N) is 2. The van der Waals surface area contributed by atoms with Crippen LogP contribution in [0.5, 0.6) is 5.75 Å². The Morgan fingerprint density at radius 1 is 1.22 bits per heavy atom. The van der Waals surface area contributed by atoms with E-state index in [4.69, 9.17) is 9.26 Å². The van der Waals surface area contributed by atoms with Gasteiger partial charge in [-0.25, -0.2) is 4.99 Å². The van der Waals surface area contributed by atoms with E-state index in [1.165, 1.54) is 0 Å². The quantitative estimate of drug-likeness (QED) is 0.402. The first kappa shape index (κ1) is 19.3. The minimum Gasteiger partial charge on any atom is -0.494 e. The van der Waals surface area contributed by atoms with Crippen molar-refractivity contribution in [1.82, 2.24) is 15.8 Å². The number of ether oxygens (including phenoxy) is 1. The molecule has 0 saturated heterocycles. The molecule has 0 atom stereocenters. The molecule has 2 aromatic rings. The summed E-state index contributed by atoms with van der Waals surface area (Å²) in [6.07, 6.45) is 1.55. The number of guanidine groups is 1. The van der Waals surface area contributed by atoms with Crippen LogP contribution in [0.4, 0.5) is 0 Å². The highest BCUT2D eigenvalue weighted by Gasteiger charge is 2.04. The normalized spacial score (nSPS) is 10.8. The minimum atomic E-state index is 0. The monoisotopic (exact) mass is 430 g/mol. The fourth-order valence-electron chi connectivity index (χ4n) is 1.94. The minimum absolute atomic E-state index is 0. The Labute approximate surface area is 153 Å². The van der Waals surface area contributed by atoms with Gasteiger partial charge in [0.05, 0.1) is 19.7 Å². The molecule has 1 heterocycles. The molecule has 1 aromatic carbocycles. The third-order valence-electron chi connectivity index (χ3n) is 2.95. The Kier molecular flexibility index (Phi) is 9.11. The molecule has 0 spiro atoms. The van der Waals surface area contributed by atoms with Crippen molar-refractivity contribution in [2.75, 3.05) is 13.2 Å². The maximum absolute atomic E-state index is 5.62. The van der Waals surface area contributed by atoms with Gasteiger partial charge in [0.2, 0.25) is 0 Å². The van der Waals surface area contributed by atoms with Crippen LogP contribution < -0.4 is 15.4 Å². The molecule has 2 rings (SSSR count). The molecule has 0 aliphatic heterocycles. The summed E-state index contributed by atoms with van der Waals surface area (Å²) in [5.41, 5.74) is 1.89. The predicted octanol–water partition coefficient (Wildman–Crippen LogP) is 2.95. The average molecular weight is 430 g/mol. The first-order valence-corrected chi connectivity index (χ1v) is 7.45. The third kappa shape index (κ3) is 6.47. The lowest BCUT2D eigenvalue weighted by Gasteiger charge is -2.11. The van der Waals surface area contributed by atoms with Crippen molar-refractivity contribution in [2.45, 2.75) is 26.9 Å². The number of benzene rings is 1. The fraction of sp³-hybridized carbons (Fsp3) is 0.375. The molecule has 23 heavy (non-hydrogen) atoms. The Bertz CT molecular complexity index is 588. The summed E-state index contributed by atoms with van der Waals surface area (Å²) in [6, 6.07) is 9.76. The number of halogens is 1. The van der Waals surface area contributed by atoms with Crippen LogP contribution >= 0.6 is 24.0 Å². The van der Waals surface area contributed by atoms with Gasteiger partial charge in [-0.05, 0) is 19.9 Å². The number of hydrogen-bond acceptors (Lipinski definition) is 4. The second-order valence-electron chi connectivity index (χ2n) is 4.58. The number of para-hydroxylation sites is 1. The van der Waals surface area contributed by atoms with Gasteiger partial charge in [-0.15, -0.1) is 24.0 Å². The van der Waals surface area contributed by atoms with Crippen LogP contribution in [0.15, 0.2) is 46.1 Å². The van der Waals surface area contributed by atoms with Gasteiger partial charge < -0.3 is 19.9 Å². The largest absolute Gasteiger partial charge is 0.494 e. The molecule has 0 unspecified atom stereocenters. The lowest BCUT2D eigenvalue weighted by atomic mass is 10.2. The van der Waals surface area contributed by atoms with Gasteiger partial charge in [0.1, 0.15) is 17.7 Å². The van der Waals surface area contributed by atoms with Crippen molar-refractivity contribution >= 4 is 29.9 Å². The number of rotatable bonds is 7. The predicted molar refractivity (Wildman–Crippen MR) is 101 cm³/mol. The molecule has 126 valence electrons. The second-order valence-corrected chi connectivity index (χ2v) is 4.58. The molecule has 0 fully saturated rings. The topological polar surface area (TPSA) is 71.7 Å². The maximum atomic E-state index is 5.62. The Balaban J connectivity index is 0.00000264. The van der Waals surface area contributed by atoms with Crippen molar-refractivity contribution in [1.29, 1.82) is 0 Å². The molecule has 0 saturated carbocycles. The Morgan fingerprint density at radius 3 is 2.74 bits per heavy atom. The number of aromatic nitrogens is 1. The van der Waals surface area contributed by atoms with Gasteiger partial charge in [0, 0.05) is 18.2 Å². The molecule has 2 N–H and O–H groups in total. The van der Waals surface area contributed by atoms with Crippen LogP contribution in [0.3, 0.4) is 0 Å². The SMILES string of the molecule is CCNC(=NCc1ccccc1OCC)NCc1ccon1.I. The second kappa shape index (κ2) is 10.9. The van der Waals surface area contributed by atoms with Gasteiger partial charge in [0.25, 0.3) is 0 Å². The van der Waals surface area contributed by atoms with Crippen LogP contribution in [-0.2, 0) is 13.1 Å². The van der Waals surface area contributed by atoms with Gasteiger partial charge in [-0.2, -0.15) is 0 Å². The maximum Gasteiger partial charge on any atom is 0.191 e. The zero-order chi connectivity index (χ0) is 15.6. The summed E-state index contributed by atoms with van der Waals surface area (Å²) < 4.78 is 10.4. The van der Waals surface area contributed by atoms with E-state index in [0.29, 0.717) is 19.7 Å². The van der Waals surface area contributed by atoms with Crippen molar-refractivity contribution in [2.24, 2.45) is 4.99 Å². The van der Waals surface area contributed by atoms with Crippen molar-refractivity contribution < 1.29 is 9.26 Å². The van der Waals surface area contributed by atoms with Gasteiger partial charge in [-0.3, -0.25) is 0 Å². The van der Waals surface area contributed by atoms with Gasteiger partial charge in [-0.1, -0.05) is 23.4 Å². The van der Waals surface area contributed by atoms with Crippen LogP contribution in [0.1, 0.15) is 25.1 Å². The zero-order valence-electron chi connectivity index (χ0n) is 13.4. The fourth-order valence-corrected chi connectivity index (χ4v) is 1.94. The van der Waals surface area contributed by atoms with E-state index >= 15 is 0 Å². The number of nitrogens with zero attached hydrogens (tertiary/aromatic N) is 2. The van der Waals surface area contributed by atoms with Crippen LogP contribution in [-0.4, -0.2) is 24.3 Å². The van der Waals surface area contributed by atoms with E-state index < -0.39 is 0 Å². The van der Waals surface area contributed by atoms with Crippen molar-refractivity contribution in [3.8, 4) is 5.75 Å². The molecule has 6 nitrogen and oxygen atoms in total. The first-order valence-electron chi connectivity index (χ1n) is 7.45. The number of hydrogen-bond donors (Lipinski definition) is 2. The molecule has 0 aliphatic carbocycles. The number of aliphatic imine (C=N–C) groups is 1. The lowest BCUT2D eigenvalue weighted by molar-refractivity contribution is 0.336. The molecule has 0 bridgehead atoms. The summed E-state index contributed by atoms with van der Waals surface area (Å²) in [5, 5.41) is 10.3. The summed E-state index contributed by atoms with van der Waals surface area (Å²) in [5.74, 6) is 1.61. The highest BCUT2D eigenvalue weighted by atomic mass is 127. The van der Waals surface area contributed by atoms with Crippen molar-refractivity contribution in [3.05, 3.63) is 47.9 Å². The first-order chi connectivity index (χ1) is 10.8.